The van der Waals surface area contributed by atoms with Gasteiger partial charge in [0.1, 0.15) is 24.9 Å². The third-order valence-corrected chi connectivity index (χ3v) is 6.74. The molecule has 0 aromatic carbocycles. The molecule has 0 spiro atoms. The lowest BCUT2D eigenvalue weighted by atomic mass is 10.3. The fraction of sp³-hybridized carbons (Fsp3) is 0.562. The van der Waals surface area contributed by atoms with Gasteiger partial charge in [0.25, 0.3) is 0 Å². The highest BCUT2D eigenvalue weighted by atomic mass is 35.5. The zero-order chi connectivity index (χ0) is 18.3. The number of quaternary nitrogens is 1. The van der Waals surface area contributed by atoms with E-state index >= 15 is 0 Å². The van der Waals surface area contributed by atoms with Crippen LogP contribution in [0.15, 0.2) is 18.3 Å². The summed E-state index contributed by atoms with van der Waals surface area (Å²) in [6.45, 7) is 3.82. The Kier molecular flexibility index (Phi) is 7.19. The minimum atomic E-state index is -3.69. The molecule has 1 aliphatic heterocycles. The van der Waals surface area contributed by atoms with E-state index in [1.807, 2.05) is 12.4 Å². The molecule has 1 atom stereocenters. The molecule has 138 valence electrons. The lowest BCUT2D eigenvalue weighted by Gasteiger charge is -2.38. The number of hydrogen-bond donors (Lipinski definition) is 3. The lowest BCUT2D eigenvalue weighted by Crippen LogP contribution is -2.64. The number of sulfonamides is 1. The van der Waals surface area contributed by atoms with E-state index in [2.05, 4.69) is 22.1 Å². The Labute approximate surface area is 154 Å². The van der Waals surface area contributed by atoms with Gasteiger partial charge in [-0.3, -0.25) is 0 Å². The van der Waals surface area contributed by atoms with Gasteiger partial charge in [-0.05, 0) is 12.5 Å². The molecule has 0 aliphatic carbocycles. The number of nitrogens with one attached hydrogen (secondary N) is 2. The van der Waals surface area contributed by atoms with Gasteiger partial charge in [-0.1, -0.05) is 24.4 Å². The van der Waals surface area contributed by atoms with Crippen molar-refractivity contribution in [1.29, 1.82) is 0 Å². The van der Waals surface area contributed by atoms with E-state index in [4.69, 9.17) is 11.6 Å². The fourth-order valence-corrected chi connectivity index (χ4v) is 4.91. The van der Waals surface area contributed by atoms with E-state index in [1.54, 1.807) is 12.1 Å². The maximum atomic E-state index is 13.2. The molecular weight excluding hydrogens is 364 g/mol. The van der Waals surface area contributed by atoms with Crippen LogP contribution in [0.2, 0.25) is 5.02 Å². The van der Waals surface area contributed by atoms with Crippen LogP contribution < -0.4 is 14.7 Å². The molecule has 0 amide bonds. The highest BCUT2D eigenvalue weighted by Crippen LogP contribution is 2.28. The summed E-state index contributed by atoms with van der Waals surface area (Å²) < 4.78 is 26.2. The highest BCUT2D eigenvalue weighted by Gasteiger charge is 2.47. The molecule has 3 N–H and O–H groups in total. The third kappa shape index (κ3) is 4.70. The Morgan fingerprint density at radius 2 is 2.16 bits per heavy atom. The van der Waals surface area contributed by atoms with E-state index in [0.29, 0.717) is 43.4 Å². The van der Waals surface area contributed by atoms with Crippen LogP contribution in [-0.2, 0) is 10.0 Å². The largest absolute Gasteiger partial charge is 0.316 e. The molecule has 1 aliphatic rings. The molecule has 1 aromatic heterocycles. The van der Waals surface area contributed by atoms with Crippen molar-refractivity contribution in [1.82, 2.24) is 19.7 Å². The summed E-state index contributed by atoms with van der Waals surface area (Å²) in [5.41, 5.74) is 2.01. The van der Waals surface area contributed by atoms with E-state index in [1.165, 1.54) is 6.20 Å². The molecule has 2 heterocycles. The van der Waals surface area contributed by atoms with Gasteiger partial charge in [0, 0.05) is 25.6 Å². The van der Waals surface area contributed by atoms with Crippen molar-refractivity contribution in [3.05, 3.63) is 23.4 Å². The third-order valence-electron chi connectivity index (χ3n) is 4.15. The lowest BCUT2D eigenvalue weighted by molar-refractivity contribution is 0.152. The standard InChI is InChI=1S/C16H24ClN4O3S/c1-2-3-4-5-15(20-22)13-25(23,24)21(10-8-18-9-11-21)16-7-6-14(17)12-19-16/h6-7,12,15,18,20,22H,2-3,8-11,13H2,1H3/q+1. The Morgan fingerprint density at radius 1 is 1.44 bits per heavy atom. The Bertz CT molecular complexity index is 722. The van der Waals surface area contributed by atoms with Crippen molar-refractivity contribution in [2.24, 2.45) is 0 Å². The summed E-state index contributed by atoms with van der Waals surface area (Å²) in [4.78, 5) is 4.26. The van der Waals surface area contributed by atoms with E-state index in [9.17, 15) is 13.6 Å². The van der Waals surface area contributed by atoms with Gasteiger partial charge >= 0.3 is 10.0 Å². The van der Waals surface area contributed by atoms with Gasteiger partial charge in [-0.15, -0.1) is 5.92 Å². The van der Waals surface area contributed by atoms with Crippen LogP contribution in [0.5, 0.6) is 0 Å². The van der Waals surface area contributed by atoms with Gasteiger partial charge < -0.3 is 10.5 Å². The van der Waals surface area contributed by atoms with Crippen LogP contribution in [0.1, 0.15) is 19.8 Å². The molecule has 1 saturated heterocycles. The molecule has 25 heavy (non-hydrogen) atoms. The molecule has 9 heteroatoms. The smallest absolute Gasteiger partial charge is 0.305 e. The Hall–Kier alpha value is -1.21. The van der Waals surface area contributed by atoms with Gasteiger partial charge in [0.15, 0.2) is 0 Å². The summed E-state index contributed by atoms with van der Waals surface area (Å²) in [6, 6.07) is 2.45. The summed E-state index contributed by atoms with van der Waals surface area (Å²) >= 11 is 5.90. The minimum Gasteiger partial charge on any atom is -0.316 e. The van der Waals surface area contributed by atoms with Crippen LogP contribution in [-0.4, -0.2) is 56.6 Å². The zero-order valence-corrected chi connectivity index (χ0v) is 15.8. The number of rotatable bonds is 6. The molecule has 0 radical (unpaired) electrons. The number of piperazine rings is 1. The van der Waals surface area contributed by atoms with Crippen molar-refractivity contribution in [3.63, 3.8) is 0 Å². The first-order valence-electron chi connectivity index (χ1n) is 8.26. The number of nitrogens with zero attached hydrogens (tertiary/aromatic N) is 2. The van der Waals surface area contributed by atoms with Gasteiger partial charge in [-0.2, -0.15) is 17.8 Å². The Balaban J connectivity index is 2.36. The van der Waals surface area contributed by atoms with Gasteiger partial charge in [0.2, 0.25) is 5.82 Å². The average Bonchev–Trinajstić information content (AvgIpc) is 2.62. The van der Waals surface area contributed by atoms with Gasteiger partial charge in [0.05, 0.1) is 11.2 Å². The first-order chi connectivity index (χ1) is 11.9. The molecule has 7 nitrogen and oxygen atoms in total. The van der Waals surface area contributed by atoms with Crippen molar-refractivity contribution in [3.8, 4) is 11.8 Å². The molecule has 2 rings (SSSR count). The van der Waals surface area contributed by atoms with Crippen LogP contribution in [0.4, 0.5) is 5.82 Å². The van der Waals surface area contributed by atoms with Crippen LogP contribution in [0.3, 0.4) is 0 Å². The second-order valence-electron chi connectivity index (χ2n) is 5.92. The summed E-state index contributed by atoms with van der Waals surface area (Å²) in [5.74, 6) is 5.80. The van der Waals surface area contributed by atoms with Crippen molar-refractivity contribution >= 4 is 27.4 Å². The van der Waals surface area contributed by atoms with Crippen molar-refractivity contribution < 1.29 is 13.6 Å². The number of hydroxylamine groups is 1. The first-order valence-corrected chi connectivity index (χ1v) is 10.2. The second-order valence-corrected chi connectivity index (χ2v) is 8.56. The molecule has 1 fully saturated rings. The van der Waals surface area contributed by atoms with Gasteiger partial charge in [-0.25, -0.2) is 4.98 Å². The number of unbranched alkanes of at least 4 members (excludes halogenated alkanes) is 1. The number of hydrogen-bond acceptors (Lipinski definition) is 6. The maximum absolute atomic E-state index is 13.2. The summed E-state index contributed by atoms with van der Waals surface area (Å²) in [7, 11) is -3.69. The average molecular weight is 388 g/mol. The predicted octanol–water partition coefficient (Wildman–Crippen LogP) is 1.13. The second kappa shape index (κ2) is 8.94. The SMILES string of the molecule is CCCC#CC(CS(=O)(=O)[N+]1(c2ccc(Cl)cn2)CCNCC1)NO. The van der Waals surface area contributed by atoms with Crippen LogP contribution in [0, 0.1) is 11.8 Å². The summed E-state index contributed by atoms with van der Waals surface area (Å²) in [6.07, 6.45) is 2.98. The zero-order valence-electron chi connectivity index (χ0n) is 14.2. The van der Waals surface area contributed by atoms with E-state index in [-0.39, 0.29) is 9.64 Å². The molecule has 0 saturated carbocycles. The topological polar surface area (TPSA) is 91.3 Å². The molecule has 1 aromatic rings. The summed E-state index contributed by atoms with van der Waals surface area (Å²) in [5, 5.41) is 12.9. The molecular formula is C16H24ClN4O3S+. The number of pyridine rings is 1. The van der Waals surface area contributed by atoms with E-state index < -0.39 is 16.1 Å². The normalized spacial score (nSPS) is 18.2. The first kappa shape index (κ1) is 20.1. The highest BCUT2D eigenvalue weighted by molar-refractivity contribution is 7.91. The number of aromatic nitrogens is 1. The quantitative estimate of drug-likeness (QED) is 0.385. The van der Waals surface area contributed by atoms with Crippen LogP contribution >= 0.6 is 11.6 Å². The fourth-order valence-electron chi connectivity index (χ4n) is 2.80. The molecule has 1 unspecified atom stereocenters. The molecule has 0 bridgehead atoms. The Morgan fingerprint density at radius 3 is 2.72 bits per heavy atom. The monoisotopic (exact) mass is 387 g/mol. The minimum absolute atomic E-state index is 0.273. The van der Waals surface area contributed by atoms with E-state index in [0.717, 1.165) is 6.42 Å². The van der Waals surface area contributed by atoms with Crippen LogP contribution in [0.25, 0.3) is 0 Å². The van der Waals surface area contributed by atoms with Crippen molar-refractivity contribution in [2.45, 2.75) is 25.8 Å². The predicted molar refractivity (Wildman–Crippen MR) is 98.8 cm³/mol. The van der Waals surface area contributed by atoms with Crippen molar-refractivity contribution in [2.75, 3.05) is 31.9 Å². The maximum Gasteiger partial charge on any atom is 0.305 e. The number of halogens is 1.